The Hall–Kier alpha value is -2.92. The number of carboxylic acid groups (broad SMARTS) is 1. The number of fused-ring (bicyclic) bond motifs is 1. The van der Waals surface area contributed by atoms with E-state index >= 15 is 0 Å². The highest BCUT2D eigenvalue weighted by molar-refractivity contribution is 5.98. The van der Waals surface area contributed by atoms with E-state index in [1.165, 1.54) is 12.3 Å². The smallest absolute Gasteiger partial charge is 0.354 e. The Morgan fingerprint density at radius 1 is 1.48 bits per heavy atom. The van der Waals surface area contributed by atoms with Crippen molar-refractivity contribution in [3.8, 4) is 6.07 Å². The van der Waals surface area contributed by atoms with Crippen molar-refractivity contribution in [3.05, 3.63) is 33.9 Å². The van der Waals surface area contributed by atoms with Crippen molar-refractivity contribution in [1.29, 1.82) is 5.26 Å². The van der Waals surface area contributed by atoms with Crippen molar-refractivity contribution in [1.82, 2.24) is 9.97 Å². The Balaban J connectivity index is 2.18. The van der Waals surface area contributed by atoms with Gasteiger partial charge in [-0.1, -0.05) is 0 Å². The molecule has 1 saturated heterocycles. The van der Waals surface area contributed by atoms with Gasteiger partial charge in [-0.25, -0.2) is 9.78 Å². The van der Waals surface area contributed by atoms with Gasteiger partial charge >= 0.3 is 5.97 Å². The number of methoxy groups -OCH3 is 1. The summed E-state index contributed by atoms with van der Waals surface area (Å²) in [6.07, 6.45) is 2.78. The van der Waals surface area contributed by atoms with Gasteiger partial charge < -0.3 is 19.7 Å². The van der Waals surface area contributed by atoms with E-state index in [0.29, 0.717) is 29.7 Å². The molecule has 0 saturated carbocycles. The molecule has 2 N–H and O–H groups in total. The lowest BCUT2D eigenvalue weighted by Crippen LogP contribution is -2.44. The summed E-state index contributed by atoms with van der Waals surface area (Å²) in [5.74, 6) is -1.16. The molecule has 0 spiro atoms. The number of ether oxygens (including phenoxy) is 1. The van der Waals surface area contributed by atoms with E-state index in [1.54, 1.807) is 7.11 Å². The number of aromatic nitrogens is 2. The molecule has 1 aliphatic rings. The Bertz CT molecular complexity index is 936. The average molecular weight is 342 g/mol. The average Bonchev–Trinajstić information content (AvgIpc) is 2.61. The van der Waals surface area contributed by atoms with Gasteiger partial charge in [-0.05, 0) is 25.8 Å². The van der Waals surface area contributed by atoms with E-state index in [2.05, 4.69) is 9.97 Å². The van der Waals surface area contributed by atoms with Crippen LogP contribution >= 0.6 is 0 Å². The van der Waals surface area contributed by atoms with Gasteiger partial charge in [0.2, 0.25) is 0 Å². The quantitative estimate of drug-likeness (QED) is 0.867. The molecule has 0 bridgehead atoms. The number of anilines is 1. The maximum absolute atomic E-state index is 12.3. The summed E-state index contributed by atoms with van der Waals surface area (Å²) < 4.78 is 5.53. The summed E-state index contributed by atoms with van der Waals surface area (Å²) in [5, 5.41) is 19.2. The molecule has 1 fully saturated rings. The van der Waals surface area contributed by atoms with E-state index in [9.17, 15) is 20.0 Å². The predicted octanol–water partition coefficient (Wildman–Crippen LogP) is 1.50. The Morgan fingerprint density at radius 2 is 2.16 bits per heavy atom. The van der Waals surface area contributed by atoms with Crippen molar-refractivity contribution in [2.45, 2.75) is 25.4 Å². The molecule has 3 heterocycles. The van der Waals surface area contributed by atoms with E-state index in [-0.39, 0.29) is 16.9 Å². The fourth-order valence-electron chi connectivity index (χ4n) is 3.13. The molecule has 0 unspecified atom stereocenters. The first-order chi connectivity index (χ1) is 11.9. The molecule has 0 aromatic carbocycles. The lowest BCUT2D eigenvalue weighted by atomic mass is 9.92. The molecule has 0 aliphatic carbocycles. The number of nitrogens with one attached hydrogen (secondary N) is 1. The number of pyridine rings is 2. The Kier molecular flexibility index (Phi) is 4.18. The first-order valence-electron chi connectivity index (χ1n) is 7.88. The summed E-state index contributed by atoms with van der Waals surface area (Å²) in [7, 11) is 1.67. The lowest BCUT2D eigenvalue weighted by Gasteiger charge is -2.40. The zero-order valence-electron chi connectivity index (χ0n) is 14.0. The molecule has 0 radical (unpaired) electrons. The molecule has 0 amide bonds. The third-order valence-corrected chi connectivity index (χ3v) is 4.83. The molecule has 25 heavy (non-hydrogen) atoms. The standard InChI is InChI=1S/C17H18N4O4/c1-17(25-2)3-5-21(6-4-17)14-10-7-12(16(23)24)19-9-13(10)20-15(22)11(14)8-18/h7,9H,3-6H2,1-2H3,(H,20,22)(H,23,24). The number of nitrogens with zero attached hydrogens (tertiary/aromatic N) is 3. The van der Waals surface area contributed by atoms with Crippen molar-refractivity contribution in [2.75, 3.05) is 25.1 Å². The van der Waals surface area contributed by atoms with Crippen LogP contribution in [0.1, 0.15) is 35.8 Å². The number of hydrogen-bond acceptors (Lipinski definition) is 6. The fourth-order valence-corrected chi connectivity index (χ4v) is 3.13. The van der Waals surface area contributed by atoms with Gasteiger partial charge in [0.15, 0.2) is 0 Å². The van der Waals surface area contributed by atoms with Crippen LogP contribution in [-0.4, -0.2) is 46.8 Å². The normalized spacial score (nSPS) is 16.6. The van der Waals surface area contributed by atoms with Crippen LogP contribution in [0.4, 0.5) is 5.69 Å². The molecule has 8 nitrogen and oxygen atoms in total. The summed E-state index contributed by atoms with van der Waals surface area (Å²) in [6, 6.07) is 3.35. The second-order valence-electron chi connectivity index (χ2n) is 6.35. The van der Waals surface area contributed by atoms with Crippen LogP contribution in [0, 0.1) is 11.3 Å². The summed E-state index contributed by atoms with van der Waals surface area (Å²) in [6.45, 7) is 3.22. The van der Waals surface area contributed by atoms with Crippen LogP contribution in [-0.2, 0) is 4.74 Å². The zero-order chi connectivity index (χ0) is 18.2. The molecular weight excluding hydrogens is 324 g/mol. The number of piperidine rings is 1. The molecule has 8 heteroatoms. The van der Waals surface area contributed by atoms with Gasteiger partial charge in [0.1, 0.15) is 17.3 Å². The highest BCUT2D eigenvalue weighted by Crippen LogP contribution is 2.33. The molecule has 1 aliphatic heterocycles. The van der Waals surface area contributed by atoms with Crippen LogP contribution in [0.5, 0.6) is 0 Å². The Labute approximate surface area is 143 Å². The second kappa shape index (κ2) is 6.18. The van der Waals surface area contributed by atoms with E-state index in [1.807, 2.05) is 17.9 Å². The third kappa shape index (κ3) is 2.94. The molecule has 3 rings (SSSR count). The largest absolute Gasteiger partial charge is 0.477 e. The number of aromatic carboxylic acids is 1. The summed E-state index contributed by atoms with van der Waals surface area (Å²) in [4.78, 5) is 31.9. The van der Waals surface area contributed by atoms with E-state index < -0.39 is 11.5 Å². The number of hydrogen-bond donors (Lipinski definition) is 2. The van der Waals surface area contributed by atoms with Crippen LogP contribution in [0.25, 0.3) is 10.9 Å². The predicted molar refractivity (Wildman–Crippen MR) is 90.9 cm³/mol. The minimum atomic E-state index is -1.16. The number of carbonyl (C=O) groups is 1. The molecule has 0 atom stereocenters. The molecule has 2 aromatic rings. The fraction of sp³-hybridized carbons (Fsp3) is 0.412. The van der Waals surface area contributed by atoms with E-state index in [4.69, 9.17) is 4.74 Å². The van der Waals surface area contributed by atoms with Gasteiger partial charge in [0.25, 0.3) is 5.56 Å². The van der Waals surface area contributed by atoms with Crippen LogP contribution in [0.15, 0.2) is 17.1 Å². The van der Waals surface area contributed by atoms with Gasteiger partial charge in [0.05, 0.1) is 23.0 Å². The summed E-state index contributed by atoms with van der Waals surface area (Å²) >= 11 is 0. The highest BCUT2D eigenvalue weighted by Gasteiger charge is 2.32. The van der Waals surface area contributed by atoms with Crippen LogP contribution in [0.2, 0.25) is 0 Å². The zero-order valence-corrected chi connectivity index (χ0v) is 14.0. The number of aromatic amines is 1. The van der Waals surface area contributed by atoms with Gasteiger partial charge in [-0.2, -0.15) is 5.26 Å². The van der Waals surface area contributed by atoms with Gasteiger partial charge in [-0.15, -0.1) is 0 Å². The molecular formula is C17H18N4O4. The van der Waals surface area contributed by atoms with Crippen molar-refractivity contribution in [3.63, 3.8) is 0 Å². The first-order valence-corrected chi connectivity index (χ1v) is 7.88. The maximum Gasteiger partial charge on any atom is 0.354 e. The third-order valence-electron chi connectivity index (χ3n) is 4.83. The van der Waals surface area contributed by atoms with Gasteiger partial charge in [-0.3, -0.25) is 4.79 Å². The van der Waals surface area contributed by atoms with E-state index in [0.717, 1.165) is 12.8 Å². The minimum Gasteiger partial charge on any atom is -0.477 e. The SMILES string of the molecule is COC1(C)CCN(c2c(C#N)c(=O)[nH]c3cnc(C(=O)O)cc23)CC1. The van der Waals surface area contributed by atoms with Crippen molar-refractivity contribution >= 4 is 22.6 Å². The van der Waals surface area contributed by atoms with Crippen molar-refractivity contribution < 1.29 is 14.6 Å². The Morgan fingerprint density at radius 3 is 2.72 bits per heavy atom. The lowest BCUT2D eigenvalue weighted by molar-refractivity contribution is -0.0132. The number of H-pyrrole nitrogens is 1. The number of nitriles is 1. The highest BCUT2D eigenvalue weighted by atomic mass is 16.5. The molecule has 2 aromatic heterocycles. The van der Waals surface area contributed by atoms with Crippen LogP contribution in [0.3, 0.4) is 0 Å². The molecule has 130 valence electrons. The minimum absolute atomic E-state index is 0.0175. The maximum atomic E-state index is 12.3. The number of carboxylic acids is 1. The second-order valence-corrected chi connectivity index (χ2v) is 6.35. The number of rotatable bonds is 3. The topological polar surface area (TPSA) is 119 Å². The monoisotopic (exact) mass is 342 g/mol. The summed E-state index contributed by atoms with van der Waals surface area (Å²) in [5.41, 5.74) is -0.0310. The van der Waals surface area contributed by atoms with Crippen molar-refractivity contribution in [2.24, 2.45) is 0 Å². The van der Waals surface area contributed by atoms with Gasteiger partial charge in [0, 0.05) is 25.6 Å². The first kappa shape index (κ1) is 16.9. The van der Waals surface area contributed by atoms with Crippen LogP contribution < -0.4 is 10.5 Å².